The summed E-state index contributed by atoms with van der Waals surface area (Å²) in [5.74, 6) is 0.247. The van der Waals surface area contributed by atoms with E-state index in [9.17, 15) is 5.11 Å². The molecule has 17 heavy (non-hydrogen) atoms. The number of aliphatic hydroxyl groups excluding tert-OH is 1. The summed E-state index contributed by atoms with van der Waals surface area (Å²) < 4.78 is 0. The van der Waals surface area contributed by atoms with Gasteiger partial charge < -0.3 is 10.0 Å². The van der Waals surface area contributed by atoms with E-state index in [1.54, 1.807) is 0 Å². The molecule has 0 heterocycles. The van der Waals surface area contributed by atoms with E-state index >= 15 is 0 Å². The summed E-state index contributed by atoms with van der Waals surface area (Å²) >= 11 is 0. The fourth-order valence-electron chi connectivity index (χ4n) is 2.02. The third kappa shape index (κ3) is 4.14. The van der Waals surface area contributed by atoms with E-state index in [1.807, 2.05) is 30.3 Å². The standard InChI is InChI=1S/C15H25NO/c1-5-13(3)16(4)11-12(2)15(17)14-9-7-6-8-10-14/h6-10,12-13,15,17H,5,11H2,1-4H3. The molecule has 0 saturated heterocycles. The van der Waals surface area contributed by atoms with E-state index in [-0.39, 0.29) is 12.0 Å². The molecule has 96 valence electrons. The summed E-state index contributed by atoms with van der Waals surface area (Å²) in [7, 11) is 2.13. The number of benzene rings is 1. The maximum atomic E-state index is 10.3. The van der Waals surface area contributed by atoms with E-state index in [0.717, 1.165) is 18.5 Å². The highest BCUT2D eigenvalue weighted by atomic mass is 16.3. The zero-order chi connectivity index (χ0) is 12.8. The molecule has 3 atom stereocenters. The Morgan fingerprint density at radius 2 is 1.76 bits per heavy atom. The van der Waals surface area contributed by atoms with E-state index in [2.05, 4.69) is 32.7 Å². The molecule has 0 aliphatic rings. The number of aliphatic hydroxyl groups is 1. The van der Waals surface area contributed by atoms with Crippen molar-refractivity contribution in [2.45, 2.75) is 39.3 Å². The van der Waals surface area contributed by atoms with Crippen LogP contribution in [0.3, 0.4) is 0 Å². The van der Waals surface area contributed by atoms with Crippen molar-refractivity contribution in [2.75, 3.05) is 13.6 Å². The lowest BCUT2D eigenvalue weighted by Crippen LogP contribution is -2.34. The topological polar surface area (TPSA) is 23.5 Å². The second kappa shape index (κ2) is 6.77. The molecule has 1 rings (SSSR count). The van der Waals surface area contributed by atoms with Crippen LogP contribution in [0.4, 0.5) is 0 Å². The van der Waals surface area contributed by atoms with Crippen molar-refractivity contribution in [1.29, 1.82) is 0 Å². The number of hydrogen-bond donors (Lipinski definition) is 1. The smallest absolute Gasteiger partial charge is 0.0827 e. The van der Waals surface area contributed by atoms with Crippen molar-refractivity contribution >= 4 is 0 Å². The molecule has 1 aromatic carbocycles. The second-order valence-corrected chi connectivity index (χ2v) is 5.03. The fourth-order valence-corrected chi connectivity index (χ4v) is 2.02. The monoisotopic (exact) mass is 235 g/mol. The van der Waals surface area contributed by atoms with Crippen LogP contribution in [0.25, 0.3) is 0 Å². The van der Waals surface area contributed by atoms with Crippen molar-refractivity contribution < 1.29 is 5.11 Å². The Morgan fingerprint density at radius 3 is 2.29 bits per heavy atom. The number of rotatable bonds is 6. The molecule has 2 nitrogen and oxygen atoms in total. The maximum Gasteiger partial charge on any atom is 0.0827 e. The van der Waals surface area contributed by atoms with Crippen molar-refractivity contribution in [3.63, 3.8) is 0 Å². The molecule has 0 saturated carbocycles. The normalized spacial score (nSPS) is 16.8. The third-order valence-corrected chi connectivity index (χ3v) is 3.60. The summed E-state index contributed by atoms with van der Waals surface area (Å²) in [6.45, 7) is 7.45. The quantitative estimate of drug-likeness (QED) is 0.819. The SMILES string of the molecule is CCC(C)N(C)CC(C)C(O)c1ccccc1. The highest BCUT2D eigenvalue weighted by Gasteiger charge is 2.19. The van der Waals surface area contributed by atoms with Crippen molar-refractivity contribution in [3.05, 3.63) is 35.9 Å². The van der Waals surface area contributed by atoms with E-state index in [4.69, 9.17) is 0 Å². The minimum Gasteiger partial charge on any atom is -0.388 e. The summed E-state index contributed by atoms with van der Waals surface area (Å²) in [5, 5.41) is 10.3. The Morgan fingerprint density at radius 1 is 1.18 bits per heavy atom. The predicted octanol–water partition coefficient (Wildman–Crippen LogP) is 3.09. The van der Waals surface area contributed by atoms with Gasteiger partial charge >= 0.3 is 0 Å². The fraction of sp³-hybridized carbons (Fsp3) is 0.600. The molecule has 1 aromatic rings. The largest absolute Gasteiger partial charge is 0.388 e. The van der Waals surface area contributed by atoms with Crippen molar-refractivity contribution in [3.8, 4) is 0 Å². The van der Waals surface area contributed by atoms with Crippen LogP contribution in [0, 0.1) is 5.92 Å². The minimum absolute atomic E-state index is 0.247. The molecule has 0 spiro atoms. The van der Waals surface area contributed by atoms with Crippen LogP contribution in [0.15, 0.2) is 30.3 Å². The van der Waals surface area contributed by atoms with Gasteiger partial charge in [-0.3, -0.25) is 0 Å². The van der Waals surface area contributed by atoms with Crippen LogP contribution < -0.4 is 0 Å². The van der Waals surface area contributed by atoms with Crippen molar-refractivity contribution in [1.82, 2.24) is 4.90 Å². The second-order valence-electron chi connectivity index (χ2n) is 5.03. The van der Waals surface area contributed by atoms with E-state index in [1.165, 1.54) is 0 Å². The Labute approximate surface area is 105 Å². The first-order chi connectivity index (χ1) is 8.06. The zero-order valence-electron chi connectivity index (χ0n) is 11.4. The molecule has 0 bridgehead atoms. The van der Waals surface area contributed by atoms with Gasteiger partial charge in [-0.15, -0.1) is 0 Å². The van der Waals surface area contributed by atoms with Gasteiger partial charge in [-0.1, -0.05) is 44.2 Å². The molecule has 0 amide bonds. The lowest BCUT2D eigenvalue weighted by Gasteiger charge is -2.29. The number of nitrogens with zero attached hydrogens (tertiary/aromatic N) is 1. The average molecular weight is 235 g/mol. The van der Waals surface area contributed by atoms with Crippen LogP contribution in [0.2, 0.25) is 0 Å². The predicted molar refractivity (Wildman–Crippen MR) is 72.9 cm³/mol. The first kappa shape index (κ1) is 14.2. The van der Waals surface area contributed by atoms with E-state index < -0.39 is 0 Å². The van der Waals surface area contributed by atoms with Gasteiger partial charge in [-0.2, -0.15) is 0 Å². The van der Waals surface area contributed by atoms with Gasteiger partial charge in [0.1, 0.15) is 0 Å². The zero-order valence-corrected chi connectivity index (χ0v) is 11.4. The molecule has 2 heteroatoms. The van der Waals surface area contributed by atoms with Gasteiger partial charge in [0.15, 0.2) is 0 Å². The molecule has 3 unspecified atom stereocenters. The van der Waals surface area contributed by atoms with Gasteiger partial charge in [0.05, 0.1) is 6.10 Å². The summed E-state index contributed by atoms with van der Waals surface area (Å²) in [4.78, 5) is 2.32. The summed E-state index contributed by atoms with van der Waals surface area (Å²) in [5.41, 5.74) is 1.01. The highest BCUT2D eigenvalue weighted by molar-refractivity contribution is 5.17. The Bertz CT molecular complexity index is 312. The first-order valence-electron chi connectivity index (χ1n) is 6.49. The third-order valence-electron chi connectivity index (χ3n) is 3.60. The summed E-state index contributed by atoms with van der Waals surface area (Å²) in [6, 6.07) is 10.5. The van der Waals surface area contributed by atoms with Gasteiger partial charge in [0.2, 0.25) is 0 Å². The van der Waals surface area contributed by atoms with Gasteiger partial charge in [-0.05, 0) is 31.9 Å². The molecule has 1 N–H and O–H groups in total. The van der Waals surface area contributed by atoms with E-state index in [0.29, 0.717) is 6.04 Å². The Hall–Kier alpha value is -0.860. The lowest BCUT2D eigenvalue weighted by atomic mass is 9.96. The summed E-state index contributed by atoms with van der Waals surface area (Å²) in [6.07, 6.45) is 0.771. The molecule has 0 radical (unpaired) electrons. The molecule has 0 aliphatic heterocycles. The highest BCUT2D eigenvalue weighted by Crippen LogP contribution is 2.22. The Balaban J connectivity index is 2.56. The minimum atomic E-state index is -0.372. The molecule has 0 aliphatic carbocycles. The van der Waals surface area contributed by atoms with Crippen LogP contribution in [0.1, 0.15) is 38.9 Å². The first-order valence-corrected chi connectivity index (χ1v) is 6.49. The molecular formula is C15H25NO. The number of hydrogen-bond acceptors (Lipinski definition) is 2. The van der Waals surface area contributed by atoms with Crippen molar-refractivity contribution in [2.24, 2.45) is 5.92 Å². The molecule has 0 aromatic heterocycles. The van der Waals surface area contributed by atoms with Gasteiger partial charge in [0, 0.05) is 12.6 Å². The Kier molecular flexibility index (Phi) is 5.66. The van der Waals surface area contributed by atoms with Crippen LogP contribution in [-0.4, -0.2) is 29.6 Å². The molecular weight excluding hydrogens is 210 g/mol. The van der Waals surface area contributed by atoms with Crippen LogP contribution >= 0.6 is 0 Å². The van der Waals surface area contributed by atoms with Crippen LogP contribution in [-0.2, 0) is 0 Å². The maximum absolute atomic E-state index is 10.3. The lowest BCUT2D eigenvalue weighted by molar-refractivity contribution is 0.0851. The van der Waals surface area contributed by atoms with Gasteiger partial charge in [0.25, 0.3) is 0 Å². The average Bonchev–Trinajstić information content (AvgIpc) is 2.37. The molecule has 0 fully saturated rings. The van der Waals surface area contributed by atoms with Crippen LogP contribution in [0.5, 0.6) is 0 Å². The van der Waals surface area contributed by atoms with Gasteiger partial charge in [-0.25, -0.2) is 0 Å².